The molecule has 1 aliphatic carbocycles. The monoisotopic (exact) mass is 459 g/mol. The van der Waals surface area contributed by atoms with Crippen LogP contribution in [0.1, 0.15) is 43.5 Å². The topological polar surface area (TPSA) is 88.6 Å². The second kappa shape index (κ2) is 9.72. The summed E-state index contributed by atoms with van der Waals surface area (Å²) >= 11 is 1.29. The van der Waals surface area contributed by atoms with Crippen molar-refractivity contribution in [1.29, 1.82) is 0 Å². The van der Waals surface area contributed by atoms with Crippen LogP contribution >= 0.6 is 11.5 Å². The van der Waals surface area contributed by atoms with Gasteiger partial charge in [-0.15, -0.1) is 0 Å². The van der Waals surface area contributed by atoms with Gasteiger partial charge in [-0.25, -0.2) is 4.79 Å². The van der Waals surface area contributed by atoms with E-state index >= 15 is 0 Å². The third-order valence-corrected chi connectivity index (χ3v) is 7.50. The molecule has 2 amide bonds. The molecule has 2 unspecified atom stereocenters. The van der Waals surface area contributed by atoms with Crippen LogP contribution in [0, 0.1) is 12.8 Å². The molecule has 3 heterocycles. The predicted molar refractivity (Wildman–Crippen MR) is 126 cm³/mol. The molecule has 0 spiro atoms. The number of methoxy groups -OCH3 is 2. The number of aromatic nitrogens is 2. The van der Waals surface area contributed by atoms with Gasteiger partial charge in [0.05, 0.1) is 24.6 Å². The van der Waals surface area contributed by atoms with Gasteiger partial charge >= 0.3 is 6.03 Å². The van der Waals surface area contributed by atoms with Crippen molar-refractivity contribution in [2.24, 2.45) is 5.92 Å². The molecular formula is C23H33N5O3S. The molecule has 1 saturated heterocycles. The van der Waals surface area contributed by atoms with Gasteiger partial charge in [-0.05, 0) is 68.8 Å². The molecule has 174 valence electrons. The van der Waals surface area contributed by atoms with Gasteiger partial charge in [0.1, 0.15) is 10.8 Å². The van der Waals surface area contributed by atoms with Gasteiger partial charge < -0.3 is 19.7 Å². The molecule has 9 heteroatoms. The maximum Gasteiger partial charge on any atom is 0.320 e. The molecule has 2 aromatic rings. The van der Waals surface area contributed by atoms with Crippen LogP contribution in [-0.4, -0.2) is 65.8 Å². The molecule has 0 aromatic carbocycles. The molecule has 0 radical (unpaired) electrons. The number of hydrogen-bond acceptors (Lipinski definition) is 7. The number of likely N-dealkylation sites (tertiary alicyclic amines) is 1. The summed E-state index contributed by atoms with van der Waals surface area (Å²) in [6.45, 7) is 6.98. The van der Waals surface area contributed by atoms with Gasteiger partial charge in [0.15, 0.2) is 0 Å². The van der Waals surface area contributed by atoms with Crippen molar-refractivity contribution in [3.63, 3.8) is 0 Å². The number of piperidine rings is 1. The van der Waals surface area contributed by atoms with Crippen LogP contribution < -0.4 is 15.4 Å². The largest absolute Gasteiger partial charge is 0.495 e. The number of pyridine rings is 1. The number of rotatable bonds is 7. The van der Waals surface area contributed by atoms with E-state index in [4.69, 9.17) is 9.47 Å². The van der Waals surface area contributed by atoms with E-state index in [-0.39, 0.29) is 23.6 Å². The Kier molecular flexibility index (Phi) is 6.97. The fourth-order valence-electron chi connectivity index (χ4n) is 4.95. The number of ether oxygens (including phenoxy) is 2. The summed E-state index contributed by atoms with van der Waals surface area (Å²) in [5.74, 6) is 1.50. The number of amides is 2. The Morgan fingerprint density at radius 3 is 2.78 bits per heavy atom. The lowest BCUT2D eigenvalue weighted by Crippen LogP contribution is -2.54. The van der Waals surface area contributed by atoms with E-state index in [9.17, 15) is 4.79 Å². The van der Waals surface area contributed by atoms with Crippen LogP contribution in [0.15, 0.2) is 24.4 Å². The summed E-state index contributed by atoms with van der Waals surface area (Å²) in [5.41, 5.74) is 1.92. The van der Waals surface area contributed by atoms with Crippen molar-refractivity contribution in [1.82, 2.24) is 19.6 Å². The minimum absolute atomic E-state index is 0.00629. The Morgan fingerprint density at radius 2 is 2.16 bits per heavy atom. The highest BCUT2D eigenvalue weighted by molar-refractivity contribution is 7.10. The highest BCUT2D eigenvalue weighted by atomic mass is 32.1. The summed E-state index contributed by atoms with van der Waals surface area (Å²) in [7, 11) is 3.44. The molecule has 2 aliphatic rings. The lowest BCUT2D eigenvalue weighted by molar-refractivity contribution is -0.0979. The van der Waals surface area contributed by atoms with Crippen molar-refractivity contribution in [3.05, 3.63) is 35.8 Å². The van der Waals surface area contributed by atoms with Gasteiger partial charge in [0.25, 0.3) is 0 Å². The normalized spacial score (nSPS) is 28.1. The first-order valence-electron chi connectivity index (χ1n) is 11.2. The Hall–Kier alpha value is -2.23. The van der Waals surface area contributed by atoms with Crippen LogP contribution in [0.5, 0.6) is 5.75 Å². The molecule has 2 aromatic heterocycles. The third kappa shape index (κ3) is 5.39. The maximum atomic E-state index is 12.7. The van der Waals surface area contributed by atoms with E-state index in [0.717, 1.165) is 61.0 Å². The van der Waals surface area contributed by atoms with Crippen molar-refractivity contribution >= 4 is 22.6 Å². The quantitative estimate of drug-likeness (QED) is 0.657. The fourth-order valence-corrected chi connectivity index (χ4v) is 5.61. The summed E-state index contributed by atoms with van der Waals surface area (Å²) < 4.78 is 15.1. The highest BCUT2D eigenvalue weighted by Crippen LogP contribution is 2.41. The molecule has 32 heavy (non-hydrogen) atoms. The molecule has 0 bridgehead atoms. The van der Waals surface area contributed by atoms with Crippen LogP contribution in [-0.2, 0) is 4.74 Å². The number of anilines is 1. The minimum Gasteiger partial charge on any atom is -0.495 e. The summed E-state index contributed by atoms with van der Waals surface area (Å²) in [6.07, 6.45) is 4.83. The number of carbonyl (C=O) groups is 1. The van der Waals surface area contributed by atoms with E-state index in [1.54, 1.807) is 20.4 Å². The molecule has 2 atom stereocenters. The van der Waals surface area contributed by atoms with Crippen molar-refractivity contribution < 1.29 is 14.3 Å². The molecule has 1 saturated carbocycles. The van der Waals surface area contributed by atoms with Crippen molar-refractivity contribution in [2.45, 2.75) is 50.7 Å². The predicted octanol–water partition coefficient (Wildman–Crippen LogP) is 3.65. The van der Waals surface area contributed by atoms with E-state index < -0.39 is 0 Å². The van der Waals surface area contributed by atoms with Crippen LogP contribution in [0.4, 0.5) is 9.80 Å². The Bertz CT molecular complexity index is 913. The van der Waals surface area contributed by atoms with Crippen LogP contribution in [0.2, 0.25) is 0 Å². The second-order valence-electron chi connectivity index (χ2n) is 9.24. The Balaban J connectivity index is 1.42. The lowest BCUT2D eigenvalue weighted by atomic mass is 9.71. The van der Waals surface area contributed by atoms with E-state index in [2.05, 4.69) is 31.8 Å². The minimum atomic E-state index is -0.194. The lowest BCUT2D eigenvalue weighted by Gasteiger charge is -2.47. The van der Waals surface area contributed by atoms with Crippen molar-refractivity contribution in [3.8, 4) is 5.75 Å². The average Bonchev–Trinajstić information content (AvgIpc) is 3.17. The third-order valence-electron chi connectivity index (χ3n) is 6.70. The van der Waals surface area contributed by atoms with Crippen LogP contribution in [0.25, 0.3) is 0 Å². The zero-order chi connectivity index (χ0) is 22.7. The Labute approximate surface area is 193 Å². The zero-order valence-corrected chi connectivity index (χ0v) is 20.1. The van der Waals surface area contributed by atoms with Crippen molar-refractivity contribution in [2.75, 3.05) is 39.2 Å². The second-order valence-corrected chi connectivity index (χ2v) is 10.0. The average molecular weight is 460 g/mol. The van der Waals surface area contributed by atoms with Crippen LogP contribution in [0.3, 0.4) is 0 Å². The van der Waals surface area contributed by atoms with E-state index in [0.29, 0.717) is 5.92 Å². The molecule has 2 N–H and O–H groups in total. The first-order chi connectivity index (χ1) is 15.4. The highest BCUT2D eigenvalue weighted by Gasteiger charge is 2.42. The smallest absolute Gasteiger partial charge is 0.320 e. The number of nitrogens with zero attached hydrogens (tertiary/aromatic N) is 3. The summed E-state index contributed by atoms with van der Waals surface area (Å²) in [4.78, 5) is 19.8. The summed E-state index contributed by atoms with van der Waals surface area (Å²) in [6, 6.07) is 5.64. The zero-order valence-electron chi connectivity index (χ0n) is 19.3. The van der Waals surface area contributed by atoms with Gasteiger partial charge in [-0.3, -0.25) is 10.3 Å². The van der Waals surface area contributed by atoms with E-state index in [1.807, 2.05) is 25.1 Å². The molecular weight excluding hydrogens is 426 g/mol. The molecule has 2 fully saturated rings. The number of aryl methyl sites for hydroxylation is 1. The summed E-state index contributed by atoms with van der Waals surface area (Å²) in [5, 5.41) is 6.86. The van der Waals surface area contributed by atoms with Gasteiger partial charge in [-0.2, -0.15) is 4.37 Å². The fraction of sp³-hybridized carbons (Fsp3) is 0.609. The first kappa shape index (κ1) is 22.9. The van der Waals surface area contributed by atoms with Gasteiger partial charge in [-0.1, -0.05) is 0 Å². The SMILES string of the molecule is COc1ccc(C2CN(CC3CC(C)(OC)C3)CCC2NC(=O)Nc2cc(C)ns2)nc1. The standard InChI is InChI=1S/C23H33N5O3S/c1-15-9-21(32-27-15)26-22(29)25-20-7-8-28(13-16-10-23(2,11-16)31-4)14-18(20)19-6-5-17(30-3)12-24-19/h5-6,9,12,16,18,20H,7-8,10-11,13-14H2,1-4H3,(H2,25,26,29). The van der Waals surface area contributed by atoms with Gasteiger partial charge in [0, 0.05) is 44.4 Å². The molecule has 8 nitrogen and oxygen atoms in total. The Morgan fingerprint density at radius 1 is 1.34 bits per heavy atom. The number of carbonyl (C=O) groups excluding carboxylic acids is 1. The molecule has 1 aliphatic heterocycles. The maximum absolute atomic E-state index is 12.7. The number of nitrogens with one attached hydrogen (secondary N) is 2. The molecule has 4 rings (SSSR count). The van der Waals surface area contributed by atoms with Gasteiger partial charge in [0.2, 0.25) is 0 Å². The number of hydrogen-bond donors (Lipinski definition) is 2. The first-order valence-corrected chi connectivity index (χ1v) is 11.9. The number of urea groups is 1. The van der Waals surface area contributed by atoms with E-state index in [1.165, 1.54) is 11.5 Å².